The van der Waals surface area contributed by atoms with Crippen LogP contribution in [0.5, 0.6) is 0 Å². The fourth-order valence-electron chi connectivity index (χ4n) is 3.00. The zero-order chi connectivity index (χ0) is 23.1. The van der Waals surface area contributed by atoms with E-state index in [0.29, 0.717) is 25.8 Å². The van der Waals surface area contributed by atoms with Crippen LogP contribution in [0, 0.1) is 0 Å². The molecule has 0 aliphatic heterocycles. The van der Waals surface area contributed by atoms with Gasteiger partial charge in [-0.05, 0) is 37.6 Å². The minimum atomic E-state index is -4.86. The Kier molecular flexibility index (Phi) is 8.81. The molecular weight excluding hydrogens is 429 g/mol. The van der Waals surface area contributed by atoms with E-state index >= 15 is 0 Å². The quantitative estimate of drug-likeness (QED) is 0.347. The van der Waals surface area contributed by atoms with E-state index in [2.05, 4.69) is 10.3 Å². The van der Waals surface area contributed by atoms with Gasteiger partial charge in [0.1, 0.15) is 0 Å². The van der Waals surface area contributed by atoms with Crippen LogP contribution in [0.1, 0.15) is 48.6 Å². The van der Waals surface area contributed by atoms with Gasteiger partial charge in [-0.1, -0.05) is 31.0 Å². The molecule has 3 nitrogen and oxygen atoms in total. The molecule has 1 aromatic heterocycles. The number of nitrogens with zero attached hydrogens (tertiary/aromatic N) is 1. The van der Waals surface area contributed by atoms with Crippen molar-refractivity contribution in [2.75, 3.05) is 19.8 Å². The standard InChI is InChI=1S/C21H23F7N2O/c22-11-3-1-2-4-12-29-13-18(31)16-9-10-17(30-19(16)21(26,27)28)14-5-7-15(8-6-14)20(23,24)25/h5-10,18,29,31H,1-4,11-13H2/t18-/m0/s1. The van der Waals surface area contributed by atoms with E-state index in [1.807, 2.05) is 0 Å². The highest BCUT2D eigenvalue weighted by Gasteiger charge is 2.37. The lowest BCUT2D eigenvalue weighted by molar-refractivity contribution is -0.142. The van der Waals surface area contributed by atoms with Gasteiger partial charge in [-0.2, -0.15) is 26.3 Å². The molecule has 2 aromatic rings. The highest BCUT2D eigenvalue weighted by Crippen LogP contribution is 2.36. The third kappa shape index (κ3) is 7.46. The summed E-state index contributed by atoms with van der Waals surface area (Å²) in [6, 6.07) is 5.94. The molecule has 1 aromatic carbocycles. The summed E-state index contributed by atoms with van der Waals surface area (Å²) < 4.78 is 90.6. The summed E-state index contributed by atoms with van der Waals surface area (Å²) in [5, 5.41) is 13.1. The second-order valence-electron chi connectivity index (χ2n) is 7.03. The number of aliphatic hydroxyl groups excluding tert-OH is 1. The van der Waals surface area contributed by atoms with Crippen molar-refractivity contribution in [3.63, 3.8) is 0 Å². The van der Waals surface area contributed by atoms with Gasteiger partial charge < -0.3 is 10.4 Å². The molecule has 1 atom stereocenters. The van der Waals surface area contributed by atoms with E-state index in [0.717, 1.165) is 36.8 Å². The predicted octanol–water partition coefficient (Wildman–Crippen LogP) is 5.94. The van der Waals surface area contributed by atoms with Crippen LogP contribution in [-0.2, 0) is 12.4 Å². The molecule has 0 amide bonds. The van der Waals surface area contributed by atoms with Gasteiger partial charge in [0.15, 0.2) is 5.69 Å². The fourth-order valence-corrected chi connectivity index (χ4v) is 3.00. The van der Waals surface area contributed by atoms with Crippen LogP contribution >= 0.6 is 0 Å². The molecule has 172 valence electrons. The Labute approximate surface area is 175 Å². The number of aliphatic hydroxyl groups is 1. The number of rotatable bonds is 10. The summed E-state index contributed by atoms with van der Waals surface area (Å²) >= 11 is 0. The molecule has 0 unspecified atom stereocenters. The molecule has 0 saturated carbocycles. The average molecular weight is 452 g/mol. The first kappa shape index (κ1) is 25.1. The number of benzene rings is 1. The van der Waals surface area contributed by atoms with Crippen molar-refractivity contribution in [1.29, 1.82) is 0 Å². The minimum Gasteiger partial charge on any atom is -0.387 e. The lowest BCUT2D eigenvalue weighted by Crippen LogP contribution is -2.25. The molecule has 10 heteroatoms. The van der Waals surface area contributed by atoms with E-state index in [-0.39, 0.29) is 24.5 Å². The van der Waals surface area contributed by atoms with Crippen LogP contribution in [0.25, 0.3) is 11.3 Å². The Morgan fingerprint density at radius 2 is 1.48 bits per heavy atom. The Morgan fingerprint density at radius 3 is 2.06 bits per heavy atom. The van der Waals surface area contributed by atoms with Gasteiger partial charge in [0.05, 0.1) is 24.0 Å². The van der Waals surface area contributed by atoms with Crippen LogP contribution in [0.15, 0.2) is 36.4 Å². The second kappa shape index (κ2) is 10.9. The first-order valence-corrected chi connectivity index (χ1v) is 9.74. The molecule has 0 spiro atoms. The van der Waals surface area contributed by atoms with Gasteiger partial charge in [0.2, 0.25) is 0 Å². The topological polar surface area (TPSA) is 45.1 Å². The summed E-state index contributed by atoms with van der Waals surface area (Å²) in [6.45, 7) is -0.0584. The summed E-state index contributed by atoms with van der Waals surface area (Å²) in [7, 11) is 0. The summed E-state index contributed by atoms with van der Waals surface area (Å²) in [5.41, 5.74) is -2.70. The molecule has 0 aliphatic rings. The van der Waals surface area contributed by atoms with Gasteiger partial charge in [-0.15, -0.1) is 0 Å². The maximum absolute atomic E-state index is 13.5. The first-order valence-electron chi connectivity index (χ1n) is 9.74. The number of pyridine rings is 1. The minimum absolute atomic E-state index is 0.0888. The third-order valence-corrected chi connectivity index (χ3v) is 4.64. The maximum atomic E-state index is 13.5. The van der Waals surface area contributed by atoms with Crippen LogP contribution in [-0.4, -0.2) is 29.9 Å². The van der Waals surface area contributed by atoms with Crippen molar-refractivity contribution in [3.8, 4) is 11.3 Å². The molecule has 31 heavy (non-hydrogen) atoms. The van der Waals surface area contributed by atoms with Gasteiger partial charge in [0.25, 0.3) is 0 Å². The number of unbranched alkanes of at least 4 members (excludes halogenated alkanes) is 3. The molecule has 2 N–H and O–H groups in total. The highest BCUT2D eigenvalue weighted by atomic mass is 19.4. The lowest BCUT2D eigenvalue weighted by Gasteiger charge is -2.18. The number of hydrogen-bond acceptors (Lipinski definition) is 3. The van der Waals surface area contributed by atoms with Gasteiger partial charge in [-0.25, -0.2) is 4.98 Å². The summed E-state index contributed by atoms with van der Waals surface area (Å²) in [4.78, 5) is 3.58. The fraction of sp³-hybridized carbons (Fsp3) is 0.476. The summed E-state index contributed by atoms with van der Waals surface area (Å²) in [6.07, 6.45) is -8.24. The molecule has 0 fully saturated rings. The van der Waals surface area contributed by atoms with E-state index in [1.165, 1.54) is 6.07 Å². The van der Waals surface area contributed by atoms with Crippen LogP contribution in [0.2, 0.25) is 0 Å². The number of hydrogen-bond donors (Lipinski definition) is 2. The zero-order valence-electron chi connectivity index (χ0n) is 16.5. The van der Waals surface area contributed by atoms with Crippen LogP contribution in [0.3, 0.4) is 0 Å². The SMILES string of the molecule is O[C@@H](CNCCCCCCF)c1ccc(-c2ccc(C(F)(F)F)cc2)nc1C(F)(F)F. The molecule has 1 heterocycles. The first-order chi connectivity index (χ1) is 14.5. The largest absolute Gasteiger partial charge is 0.433 e. The lowest BCUT2D eigenvalue weighted by atomic mass is 10.0. The Morgan fingerprint density at radius 1 is 0.839 bits per heavy atom. The van der Waals surface area contributed by atoms with Crippen molar-refractivity contribution < 1.29 is 35.8 Å². The van der Waals surface area contributed by atoms with Crippen molar-refractivity contribution in [3.05, 3.63) is 53.2 Å². The number of alkyl halides is 7. The Hall–Kier alpha value is -2.20. The molecule has 0 saturated heterocycles. The van der Waals surface area contributed by atoms with E-state index < -0.39 is 35.3 Å². The van der Waals surface area contributed by atoms with Crippen LogP contribution < -0.4 is 5.32 Å². The van der Waals surface area contributed by atoms with E-state index in [1.54, 1.807) is 0 Å². The maximum Gasteiger partial charge on any atom is 0.433 e. The van der Waals surface area contributed by atoms with Gasteiger partial charge >= 0.3 is 12.4 Å². The predicted molar refractivity (Wildman–Crippen MR) is 102 cm³/mol. The van der Waals surface area contributed by atoms with Gasteiger partial charge in [-0.3, -0.25) is 4.39 Å². The van der Waals surface area contributed by atoms with E-state index in [4.69, 9.17) is 0 Å². The number of aromatic nitrogens is 1. The molecule has 2 rings (SSSR count). The van der Waals surface area contributed by atoms with Crippen molar-refractivity contribution >= 4 is 0 Å². The smallest absolute Gasteiger partial charge is 0.387 e. The Balaban J connectivity index is 2.13. The Bertz CT molecular complexity index is 820. The number of halogens is 7. The normalized spacial score (nSPS) is 13.4. The van der Waals surface area contributed by atoms with Crippen molar-refractivity contribution in [1.82, 2.24) is 10.3 Å². The van der Waals surface area contributed by atoms with E-state index in [9.17, 15) is 35.8 Å². The van der Waals surface area contributed by atoms with Gasteiger partial charge in [0, 0.05) is 17.7 Å². The molecular formula is C21H23F7N2O. The summed E-state index contributed by atoms with van der Waals surface area (Å²) in [5.74, 6) is 0. The highest BCUT2D eigenvalue weighted by molar-refractivity contribution is 5.60. The second-order valence-corrected chi connectivity index (χ2v) is 7.03. The van der Waals surface area contributed by atoms with Crippen molar-refractivity contribution in [2.45, 2.75) is 44.1 Å². The zero-order valence-corrected chi connectivity index (χ0v) is 16.5. The monoisotopic (exact) mass is 452 g/mol. The van der Waals surface area contributed by atoms with Crippen LogP contribution in [0.4, 0.5) is 30.7 Å². The van der Waals surface area contributed by atoms with Crippen molar-refractivity contribution in [2.24, 2.45) is 0 Å². The molecule has 0 aliphatic carbocycles. The molecule has 0 bridgehead atoms. The third-order valence-electron chi connectivity index (χ3n) is 4.64. The number of nitrogens with one attached hydrogen (secondary N) is 1. The average Bonchev–Trinajstić information content (AvgIpc) is 2.71. The molecule has 0 radical (unpaired) electrons.